The van der Waals surface area contributed by atoms with Gasteiger partial charge in [0, 0.05) is 36.9 Å². The fraction of sp³-hybridized carbons (Fsp3) is 0.273. The smallest absolute Gasteiger partial charge is 0.223 e. The number of amides is 1. The molecule has 1 aliphatic carbocycles. The van der Waals surface area contributed by atoms with Gasteiger partial charge in [-0.05, 0) is 43.2 Å². The van der Waals surface area contributed by atoms with E-state index in [4.69, 9.17) is 10.1 Å². The summed E-state index contributed by atoms with van der Waals surface area (Å²) in [6.07, 6.45) is 6.84. The highest BCUT2D eigenvalue weighted by molar-refractivity contribution is 5.93. The number of H-pyrrole nitrogens is 1. The molecule has 1 fully saturated rings. The second-order valence-electron chi connectivity index (χ2n) is 7.81. The van der Waals surface area contributed by atoms with E-state index in [-0.39, 0.29) is 11.8 Å². The predicted molar refractivity (Wildman–Crippen MR) is 113 cm³/mol. The molecular weight excluding hydrogens is 392 g/mol. The number of carbonyl (C=O) groups is 1. The molecule has 0 saturated heterocycles. The Morgan fingerprint density at radius 2 is 2.19 bits per heavy atom. The van der Waals surface area contributed by atoms with E-state index >= 15 is 0 Å². The molecule has 0 radical (unpaired) electrons. The van der Waals surface area contributed by atoms with Gasteiger partial charge in [-0.15, -0.1) is 0 Å². The van der Waals surface area contributed by atoms with Crippen molar-refractivity contribution in [1.29, 1.82) is 5.26 Å². The van der Waals surface area contributed by atoms with Gasteiger partial charge in [0.05, 0.1) is 29.2 Å². The van der Waals surface area contributed by atoms with Crippen molar-refractivity contribution in [2.75, 3.05) is 7.05 Å². The first kappa shape index (κ1) is 18.9. The van der Waals surface area contributed by atoms with E-state index in [1.165, 1.54) is 0 Å². The van der Waals surface area contributed by atoms with Crippen molar-refractivity contribution >= 4 is 16.8 Å². The topological polar surface area (TPSA) is 125 Å². The molecule has 154 valence electrons. The molecule has 9 nitrogen and oxygen atoms in total. The summed E-state index contributed by atoms with van der Waals surface area (Å²) in [4.78, 5) is 21.3. The van der Waals surface area contributed by atoms with Crippen LogP contribution in [0.2, 0.25) is 0 Å². The SMILES string of the molecule is CNC(=O)[C@H]1C[C@@](CC#N)(n2ccc(-c3nc(-c4cc[nH]n4)cc4ncccc34)n2)C1. The van der Waals surface area contributed by atoms with Gasteiger partial charge < -0.3 is 5.32 Å². The van der Waals surface area contributed by atoms with Gasteiger partial charge in [0.2, 0.25) is 5.91 Å². The van der Waals surface area contributed by atoms with Crippen LogP contribution in [0.15, 0.2) is 48.9 Å². The minimum absolute atomic E-state index is 0.00591. The average molecular weight is 412 g/mol. The Kier molecular flexibility index (Phi) is 4.47. The Hall–Kier alpha value is -4.06. The van der Waals surface area contributed by atoms with Crippen molar-refractivity contribution in [3.8, 4) is 28.8 Å². The number of fused-ring (bicyclic) bond motifs is 1. The largest absolute Gasteiger partial charge is 0.359 e. The van der Waals surface area contributed by atoms with Crippen molar-refractivity contribution in [3.63, 3.8) is 0 Å². The highest BCUT2D eigenvalue weighted by Crippen LogP contribution is 2.46. The number of pyridine rings is 2. The summed E-state index contributed by atoms with van der Waals surface area (Å²) in [5.41, 5.74) is 3.15. The van der Waals surface area contributed by atoms with E-state index in [2.05, 4.69) is 26.6 Å². The molecule has 1 amide bonds. The zero-order chi connectivity index (χ0) is 21.4. The average Bonchev–Trinajstić information content (AvgIpc) is 3.47. The molecular formula is C22H20N8O. The van der Waals surface area contributed by atoms with Gasteiger partial charge in [-0.1, -0.05) is 0 Å². The van der Waals surface area contributed by atoms with E-state index in [1.807, 2.05) is 41.2 Å². The minimum atomic E-state index is -0.474. The van der Waals surface area contributed by atoms with Crippen LogP contribution in [0.3, 0.4) is 0 Å². The van der Waals surface area contributed by atoms with Crippen LogP contribution < -0.4 is 5.32 Å². The fourth-order valence-electron chi connectivity index (χ4n) is 4.33. The summed E-state index contributed by atoms with van der Waals surface area (Å²) < 4.78 is 1.83. The molecule has 0 aromatic carbocycles. The number of nitrogens with one attached hydrogen (secondary N) is 2. The molecule has 31 heavy (non-hydrogen) atoms. The molecule has 0 spiro atoms. The first-order chi connectivity index (χ1) is 15.1. The molecule has 0 atom stereocenters. The minimum Gasteiger partial charge on any atom is -0.359 e. The summed E-state index contributed by atoms with van der Waals surface area (Å²) in [5, 5.41) is 24.8. The van der Waals surface area contributed by atoms with Gasteiger partial charge in [0.1, 0.15) is 17.1 Å². The van der Waals surface area contributed by atoms with Gasteiger partial charge in [0.15, 0.2) is 0 Å². The van der Waals surface area contributed by atoms with E-state index in [0.717, 1.165) is 16.6 Å². The van der Waals surface area contributed by atoms with Crippen LogP contribution >= 0.6 is 0 Å². The molecule has 4 aromatic rings. The second-order valence-corrected chi connectivity index (χ2v) is 7.81. The molecule has 1 saturated carbocycles. The molecule has 4 aromatic heterocycles. The monoisotopic (exact) mass is 412 g/mol. The highest BCUT2D eigenvalue weighted by Gasteiger charge is 2.49. The lowest BCUT2D eigenvalue weighted by Crippen LogP contribution is -2.51. The van der Waals surface area contributed by atoms with Crippen LogP contribution in [0, 0.1) is 17.2 Å². The molecule has 4 heterocycles. The number of rotatable bonds is 5. The van der Waals surface area contributed by atoms with E-state index in [9.17, 15) is 10.1 Å². The number of hydrogen-bond donors (Lipinski definition) is 2. The lowest BCUT2D eigenvalue weighted by atomic mass is 9.66. The Morgan fingerprint density at radius 1 is 1.32 bits per heavy atom. The number of aromatic nitrogens is 6. The van der Waals surface area contributed by atoms with Crippen molar-refractivity contribution in [2.45, 2.75) is 24.8 Å². The summed E-state index contributed by atoms with van der Waals surface area (Å²) in [6, 6.07) is 11.8. The number of carbonyl (C=O) groups excluding carboxylic acids is 1. The standard InChI is InChI=1S/C22H20N8O/c1-24-21(31)14-12-22(13-14,6-7-23)30-10-5-17(29-30)20-15-3-2-8-25-18(15)11-19(27-20)16-4-9-26-28-16/h2-5,8-11,14H,6,12-13H2,1H3,(H,24,31)(H,26,28)/t14-,22+. The molecule has 1 aliphatic rings. The van der Waals surface area contributed by atoms with Gasteiger partial charge >= 0.3 is 0 Å². The first-order valence-electron chi connectivity index (χ1n) is 10.0. The number of nitrogens with zero attached hydrogens (tertiary/aromatic N) is 6. The van der Waals surface area contributed by atoms with Gasteiger partial charge in [0.25, 0.3) is 0 Å². The molecule has 5 rings (SSSR count). The number of nitriles is 1. The maximum atomic E-state index is 12.0. The first-order valence-corrected chi connectivity index (χ1v) is 10.0. The zero-order valence-corrected chi connectivity index (χ0v) is 16.9. The van der Waals surface area contributed by atoms with Crippen molar-refractivity contribution in [2.24, 2.45) is 5.92 Å². The number of hydrogen-bond acceptors (Lipinski definition) is 6. The maximum absolute atomic E-state index is 12.0. The molecule has 0 bridgehead atoms. The normalized spacial score (nSPS) is 20.2. The number of aromatic amines is 1. The Bertz CT molecular complexity index is 1290. The third-order valence-corrected chi connectivity index (χ3v) is 5.96. The quantitative estimate of drug-likeness (QED) is 0.519. The van der Waals surface area contributed by atoms with Crippen LogP contribution in [-0.4, -0.2) is 42.9 Å². The van der Waals surface area contributed by atoms with Crippen LogP contribution in [0.5, 0.6) is 0 Å². The molecule has 0 aliphatic heterocycles. The summed E-state index contributed by atoms with van der Waals surface area (Å²) in [6.45, 7) is 0. The van der Waals surface area contributed by atoms with Crippen LogP contribution in [0.4, 0.5) is 0 Å². The van der Waals surface area contributed by atoms with Crippen LogP contribution in [0.1, 0.15) is 19.3 Å². The lowest BCUT2D eigenvalue weighted by Gasteiger charge is -2.45. The Balaban J connectivity index is 1.57. The van der Waals surface area contributed by atoms with Gasteiger partial charge in [-0.3, -0.25) is 19.6 Å². The highest BCUT2D eigenvalue weighted by atomic mass is 16.1. The second kappa shape index (κ2) is 7.32. The molecule has 0 unspecified atom stereocenters. The molecule has 2 N–H and O–H groups in total. The van der Waals surface area contributed by atoms with Crippen molar-refractivity contribution in [1.82, 2.24) is 35.3 Å². The molecule has 9 heteroatoms. The van der Waals surface area contributed by atoms with Crippen molar-refractivity contribution < 1.29 is 4.79 Å². The summed E-state index contributed by atoms with van der Waals surface area (Å²) in [5.74, 6) is -0.0940. The predicted octanol–water partition coefficient (Wildman–Crippen LogP) is 2.65. The zero-order valence-electron chi connectivity index (χ0n) is 16.9. The summed E-state index contributed by atoms with van der Waals surface area (Å²) in [7, 11) is 1.63. The lowest BCUT2D eigenvalue weighted by molar-refractivity contribution is -0.131. The Morgan fingerprint density at radius 3 is 2.94 bits per heavy atom. The fourth-order valence-corrected chi connectivity index (χ4v) is 4.33. The van der Waals surface area contributed by atoms with Gasteiger partial charge in [-0.25, -0.2) is 4.98 Å². The van der Waals surface area contributed by atoms with Crippen molar-refractivity contribution in [3.05, 3.63) is 48.9 Å². The van der Waals surface area contributed by atoms with Crippen LogP contribution in [-0.2, 0) is 10.3 Å². The van der Waals surface area contributed by atoms with E-state index in [0.29, 0.717) is 36.3 Å². The third-order valence-electron chi connectivity index (χ3n) is 5.96. The maximum Gasteiger partial charge on any atom is 0.223 e. The third kappa shape index (κ3) is 3.13. The summed E-state index contributed by atoms with van der Waals surface area (Å²) >= 11 is 0. The van der Waals surface area contributed by atoms with E-state index in [1.54, 1.807) is 19.4 Å². The van der Waals surface area contributed by atoms with E-state index < -0.39 is 5.54 Å². The Labute approximate surface area is 178 Å². The van der Waals surface area contributed by atoms with Crippen LogP contribution in [0.25, 0.3) is 33.7 Å². The van der Waals surface area contributed by atoms with Gasteiger partial charge in [-0.2, -0.15) is 15.5 Å².